The zero-order chi connectivity index (χ0) is 14.5. The fourth-order valence-corrected chi connectivity index (χ4v) is 1.74. The lowest BCUT2D eigenvalue weighted by atomic mass is 10.1. The third-order valence-corrected chi connectivity index (χ3v) is 2.27. The van der Waals surface area contributed by atoms with Crippen LogP contribution in [-0.4, -0.2) is 58.9 Å². The van der Waals surface area contributed by atoms with Gasteiger partial charge in [0.15, 0.2) is 0 Å². The van der Waals surface area contributed by atoms with Crippen LogP contribution in [0.4, 0.5) is 5.95 Å². The third kappa shape index (κ3) is 6.35. The molecule has 108 valence electrons. The molecule has 1 rings (SSSR count). The molecule has 19 heavy (non-hydrogen) atoms. The molecule has 0 aliphatic rings. The molecule has 1 unspecified atom stereocenters. The highest BCUT2D eigenvalue weighted by Gasteiger charge is 2.21. The Kier molecular flexibility index (Phi) is 5.50. The first-order valence-electron chi connectivity index (χ1n) is 6.39. The number of aliphatic hydroxyl groups is 1. The van der Waals surface area contributed by atoms with Gasteiger partial charge in [-0.15, -0.1) is 0 Å². The Balaban J connectivity index is 2.57. The maximum atomic E-state index is 10.2. The van der Waals surface area contributed by atoms with Crippen LogP contribution in [0.5, 0.6) is 5.88 Å². The van der Waals surface area contributed by atoms with Crippen molar-refractivity contribution in [3.8, 4) is 5.88 Å². The van der Waals surface area contributed by atoms with E-state index in [1.165, 1.54) is 0 Å². The maximum Gasteiger partial charge on any atom is 0.226 e. The van der Waals surface area contributed by atoms with E-state index in [1.54, 1.807) is 19.2 Å². The van der Waals surface area contributed by atoms with Gasteiger partial charge in [-0.2, -0.15) is 4.98 Å². The Morgan fingerprint density at radius 3 is 2.74 bits per heavy atom. The Morgan fingerprint density at radius 2 is 2.16 bits per heavy atom. The highest BCUT2D eigenvalue weighted by molar-refractivity contribution is 5.28. The number of rotatable bonds is 7. The molecule has 1 heterocycles. The highest BCUT2D eigenvalue weighted by atomic mass is 16.5. The maximum absolute atomic E-state index is 10.2. The van der Waals surface area contributed by atoms with Crippen molar-refractivity contribution in [2.75, 3.05) is 32.5 Å². The highest BCUT2D eigenvalue weighted by Crippen LogP contribution is 2.11. The average Bonchev–Trinajstić information content (AvgIpc) is 2.24. The van der Waals surface area contributed by atoms with E-state index >= 15 is 0 Å². The fourth-order valence-electron chi connectivity index (χ4n) is 1.74. The predicted molar refractivity (Wildman–Crippen MR) is 75.5 cm³/mol. The number of anilines is 1. The largest absolute Gasteiger partial charge is 0.475 e. The van der Waals surface area contributed by atoms with Crippen molar-refractivity contribution in [3.63, 3.8) is 0 Å². The average molecular weight is 268 g/mol. The lowest BCUT2D eigenvalue weighted by Crippen LogP contribution is -2.43. The third-order valence-electron chi connectivity index (χ3n) is 2.27. The van der Waals surface area contributed by atoms with Crippen molar-refractivity contribution in [1.82, 2.24) is 14.9 Å². The molecule has 0 aliphatic carbocycles. The summed E-state index contributed by atoms with van der Waals surface area (Å²) in [5.41, 5.74) is -0.845. The van der Waals surface area contributed by atoms with E-state index in [9.17, 15) is 5.11 Å². The SMILES string of the molecule is CC(C)Oc1ccnc(NCC(C)(O)CN(C)C)n1. The van der Waals surface area contributed by atoms with Crippen molar-refractivity contribution in [1.29, 1.82) is 0 Å². The number of likely N-dealkylation sites (N-methyl/N-ethyl adjacent to an activating group) is 1. The van der Waals surface area contributed by atoms with Gasteiger partial charge in [0, 0.05) is 25.4 Å². The number of ether oxygens (including phenoxy) is 1. The molecule has 0 spiro atoms. The van der Waals surface area contributed by atoms with Gasteiger partial charge >= 0.3 is 0 Å². The number of hydrogen-bond donors (Lipinski definition) is 2. The smallest absolute Gasteiger partial charge is 0.226 e. The first-order chi connectivity index (χ1) is 8.78. The van der Waals surface area contributed by atoms with Crippen LogP contribution in [0.15, 0.2) is 12.3 Å². The van der Waals surface area contributed by atoms with Crippen molar-refractivity contribution >= 4 is 5.95 Å². The molecule has 0 saturated carbocycles. The Bertz CT molecular complexity index is 394. The van der Waals surface area contributed by atoms with E-state index in [-0.39, 0.29) is 6.10 Å². The van der Waals surface area contributed by atoms with Gasteiger partial charge in [0.05, 0.1) is 11.7 Å². The minimum Gasteiger partial charge on any atom is -0.475 e. The molecule has 0 aliphatic heterocycles. The van der Waals surface area contributed by atoms with Crippen molar-refractivity contribution in [2.24, 2.45) is 0 Å². The van der Waals surface area contributed by atoms with Gasteiger partial charge in [-0.25, -0.2) is 4.98 Å². The zero-order valence-corrected chi connectivity index (χ0v) is 12.3. The van der Waals surface area contributed by atoms with Crippen LogP contribution in [0, 0.1) is 0 Å². The van der Waals surface area contributed by atoms with Crippen LogP contribution in [0.3, 0.4) is 0 Å². The molecule has 6 nitrogen and oxygen atoms in total. The Morgan fingerprint density at radius 1 is 1.47 bits per heavy atom. The molecule has 6 heteroatoms. The first-order valence-corrected chi connectivity index (χ1v) is 6.39. The van der Waals surface area contributed by atoms with Gasteiger partial charge < -0.3 is 20.1 Å². The van der Waals surface area contributed by atoms with Gasteiger partial charge in [-0.05, 0) is 34.9 Å². The van der Waals surface area contributed by atoms with E-state index < -0.39 is 5.60 Å². The van der Waals surface area contributed by atoms with Crippen molar-refractivity contribution < 1.29 is 9.84 Å². The molecule has 0 bridgehead atoms. The minimum atomic E-state index is -0.845. The van der Waals surface area contributed by atoms with Gasteiger partial charge in [-0.1, -0.05) is 0 Å². The van der Waals surface area contributed by atoms with Gasteiger partial charge in [0.25, 0.3) is 0 Å². The molecule has 0 fully saturated rings. The van der Waals surface area contributed by atoms with E-state index in [4.69, 9.17) is 4.74 Å². The second kappa shape index (κ2) is 6.68. The van der Waals surface area contributed by atoms with Crippen molar-refractivity contribution in [3.05, 3.63) is 12.3 Å². The molecular weight excluding hydrogens is 244 g/mol. The lowest BCUT2D eigenvalue weighted by molar-refractivity contribution is 0.0458. The van der Waals surface area contributed by atoms with Gasteiger partial charge in [0.1, 0.15) is 0 Å². The second-order valence-electron chi connectivity index (χ2n) is 5.47. The van der Waals surface area contributed by atoms with Crippen LogP contribution in [0.1, 0.15) is 20.8 Å². The van der Waals surface area contributed by atoms with Crippen LogP contribution in [0.25, 0.3) is 0 Å². The Labute approximate surface area is 114 Å². The standard InChI is InChI=1S/C13H24N4O2/c1-10(2)19-11-6-7-14-12(16-11)15-8-13(3,18)9-17(4)5/h6-7,10,18H,8-9H2,1-5H3,(H,14,15,16). The summed E-state index contributed by atoms with van der Waals surface area (Å²) in [7, 11) is 3.84. The number of nitrogens with zero attached hydrogens (tertiary/aromatic N) is 3. The summed E-state index contributed by atoms with van der Waals surface area (Å²) in [4.78, 5) is 10.3. The molecule has 2 N–H and O–H groups in total. The second-order valence-corrected chi connectivity index (χ2v) is 5.47. The molecular formula is C13H24N4O2. The number of aromatic nitrogens is 2. The van der Waals surface area contributed by atoms with E-state index in [1.807, 2.05) is 32.8 Å². The molecule has 0 aromatic carbocycles. The minimum absolute atomic E-state index is 0.0691. The van der Waals surface area contributed by atoms with E-state index in [0.717, 1.165) is 0 Å². The van der Waals surface area contributed by atoms with Crippen LogP contribution in [0.2, 0.25) is 0 Å². The molecule has 1 aromatic heterocycles. The monoisotopic (exact) mass is 268 g/mol. The van der Waals surface area contributed by atoms with Gasteiger partial charge in [0.2, 0.25) is 11.8 Å². The van der Waals surface area contributed by atoms with Crippen LogP contribution < -0.4 is 10.1 Å². The summed E-state index contributed by atoms with van der Waals surface area (Å²) >= 11 is 0. The molecule has 0 radical (unpaired) electrons. The summed E-state index contributed by atoms with van der Waals surface area (Å²) in [6.07, 6.45) is 1.70. The summed E-state index contributed by atoms with van der Waals surface area (Å²) in [5.74, 6) is 0.983. The summed E-state index contributed by atoms with van der Waals surface area (Å²) in [6.45, 7) is 6.58. The number of nitrogens with one attached hydrogen (secondary N) is 1. The summed E-state index contributed by atoms with van der Waals surface area (Å²) in [5, 5.41) is 13.2. The summed E-state index contributed by atoms with van der Waals surface area (Å²) < 4.78 is 5.49. The van der Waals surface area contributed by atoms with E-state index in [0.29, 0.717) is 24.9 Å². The lowest BCUT2D eigenvalue weighted by Gasteiger charge is -2.27. The molecule has 0 amide bonds. The Hall–Kier alpha value is -1.40. The first kappa shape index (κ1) is 15.7. The zero-order valence-electron chi connectivity index (χ0n) is 12.3. The fraction of sp³-hybridized carbons (Fsp3) is 0.692. The normalized spacial score (nSPS) is 14.5. The van der Waals surface area contributed by atoms with Crippen LogP contribution >= 0.6 is 0 Å². The van der Waals surface area contributed by atoms with Crippen molar-refractivity contribution in [2.45, 2.75) is 32.5 Å². The molecule has 1 aromatic rings. The molecule has 1 atom stereocenters. The van der Waals surface area contributed by atoms with Crippen LogP contribution in [-0.2, 0) is 0 Å². The van der Waals surface area contributed by atoms with E-state index in [2.05, 4.69) is 15.3 Å². The molecule has 0 saturated heterocycles. The quantitative estimate of drug-likeness (QED) is 0.768. The topological polar surface area (TPSA) is 70.5 Å². The predicted octanol–water partition coefficient (Wildman–Crippen LogP) is 0.988. The summed E-state index contributed by atoms with van der Waals surface area (Å²) in [6, 6.07) is 1.71. The number of hydrogen-bond acceptors (Lipinski definition) is 6. The van der Waals surface area contributed by atoms with Gasteiger partial charge in [-0.3, -0.25) is 0 Å².